The van der Waals surface area contributed by atoms with Gasteiger partial charge in [0, 0.05) is 6.04 Å². The maximum Gasteiger partial charge on any atom is 0.223 e. The number of hydrogen-bond donors (Lipinski definition) is 1. The van der Waals surface area contributed by atoms with Crippen LogP contribution in [0.1, 0.15) is 25.8 Å². The van der Waals surface area contributed by atoms with E-state index in [1.54, 1.807) is 19.1 Å². The summed E-state index contributed by atoms with van der Waals surface area (Å²) in [6.45, 7) is 5.78. The lowest BCUT2D eigenvalue weighted by atomic mass is 10.2. The molecule has 0 radical (unpaired) electrons. The molecule has 0 aromatic heterocycles. The number of aryl methyl sites for hydroxylation is 1. The van der Waals surface area contributed by atoms with Gasteiger partial charge in [-0.25, -0.2) is 4.39 Å². The Morgan fingerprint density at radius 3 is 2.76 bits per heavy atom. The summed E-state index contributed by atoms with van der Waals surface area (Å²) < 4.78 is 18.3. The highest BCUT2D eigenvalue weighted by molar-refractivity contribution is 5.76. The van der Waals surface area contributed by atoms with Crippen molar-refractivity contribution in [2.45, 2.75) is 33.2 Å². The minimum absolute atomic E-state index is 0.0427. The summed E-state index contributed by atoms with van der Waals surface area (Å²) in [7, 11) is 0. The molecule has 0 unspecified atom stereocenters. The normalized spacial score (nSPS) is 10.4. The number of nitrogens with one attached hydrogen (secondary N) is 1. The molecule has 0 spiro atoms. The van der Waals surface area contributed by atoms with E-state index in [4.69, 9.17) is 4.74 Å². The fourth-order valence-corrected chi connectivity index (χ4v) is 1.36. The average Bonchev–Trinajstić information content (AvgIpc) is 2.22. The van der Waals surface area contributed by atoms with Crippen LogP contribution in [0.3, 0.4) is 0 Å². The third-order valence-corrected chi connectivity index (χ3v) is 2.18. The van der Waals surface area contributed by atoms with Crippen molar-refractivity contribution in [3.63, 3.8) is 0 Å². The van der Waals surface area contributed by atoms with Gasteiger partial charge in [-0.15, -0.1) is 0 Å². The van der Waals surface area contributed by atoms with Gasteiger partial charge in [0.1, 0.15) is 11.6 Å². The second-order valence-corrected chi connectivity index (χ2v) is 4.23. The van der Waals surface area contributed by atoms with E-state index >= 15 is 0 Å². The van der Waals surface area contributed by atoms with Gasteiger partial charge in [0.05, 0.1) is 13.0 Å². The van der Waals surface area contributed by atoms with Gasteiger partial charge in [-0.05, 0) is 44.5 Å². The minimum atomic E-state index is -0.255. The van der Waals surface area contributed by atoms with E-state index in [1.807, 2.05) is 13.8 Å². The van der Waals surface area contributed by atoms with E-state index in [2.05, 4.69) is 5.32 Å². The smallest absolute Gasteiger partial charge is 0.223 e. The summed E-state index contributed by atoms with van der Waals surface area (Å²) in [4.78, 5) is 11.3. The quantitative estimate of drug-likeness (QED) is 0.857. The van der Waals surface area contributed by atoms with E-state index in [0.717, 1.165) is 0 Å². The number of hydrogen-bond acceptors (Lipinski definition) is 2. The Bertz CT molecular complexity index is 391. The third-order valence-electron chi connectivity index (χ3n) is 2.18. The predicted molar refractivity (Wildman–Crippen MR) is 64.5 cm³/mol. The van der Waals surface area contributed by atoms with E-state index in [-0.39, 0.29) is 17.8 Å². The molecule has 17 heavy (non-hydrogen) atoms. The lowest BCUT2D eigenvalue weighted by Gasteiger charge is -2.09. The predicted octanol–water partition coefficient (Wildman–Crippen LogP) is 2.43. The van der Waals surface area contributed by atoms with Gasteiger partial charge in [-0.2, -0.15) is 0 Å². The fourth-order valence-electron chi connectivity index (χ4n) is 1.36. The first-order valence-electron chi connectivity index (χ1n) is 5.67. The summed E-state index contributed by atoms with van der Waals surface area (Å²) in [5.41, 5.74) is 0.536. The number of rotatable bonds is 5. The molecule has 0 fully saturated rings. The van der Waals surface area contributed by atoms with E-state index in [9.17, 15) is 9.18 Å². The molecule has 3 nitrogen and oxygen atoms in total. The van der Waals surface area contributed by atoms with Gasteiger partial charge in [0.15, 0.2) is 0 Å². The van der Waals surface area contributed by atoms with Gasteiger partial charge in [-0.1, -0.05) is 0 Å². The Hall–Kier alpha value is -1.58. The molecule has 1 amide bonds. The SMILES string of the molecule is Cc1cc(OCCC(=O)NC(C)C)ccc1F. The average molecular weight is 239 g/mol. The van der Waals surface area contributed by atoms with Crippen LogP contribution in [0, 0.1) is 12.7 Å². The fraction of sp³-hybridized carbons (Fsp3) is 0.462. The van der Waals surface area contributed by atoms with Crippen molar-refractivity contribution in [3.8, 4) is 5.75 Å². The van der Waals surface area contributed by atoms with Crippen molar-refractivity contribution in [2.75, 3.05) is 6.61 Å². The number of carbonyl (C=O) groups excluding carboxylic acids is 1. The van der Waals surface area contributed by atoms with Gasteiger partial charge >= 0.3 is 0 Å². The van der Waals surface area contributed by atoms with Crippen molar-refractivity contribution < 1.29 is 13.9 Å². The summed E-state index contributed by atoms with van der Waals surface area (Å²) in [5, 5.41) is 2.77. The zero-order valence-electron chi connectivity index (χ0n) is 10.4. The molecule has 0 saturated heterocycles. The molecule has 0 atom stereocenters. The highest BCUT2D eigenvalue weighted by atomic mass is 19.1. The van der Waals surface area contributed by atoms with Crippen molar-refractivity contribution in [3.05, 3.63) is 29.6 Å². The van der Waals surface area contributed by atoms with Crippen LogP contribution >= 0.6 is 0 Å². The van der Waals surface area contributed by atoms with Gasteiger partial charge in [0.2, 0.25) is 5.91 Å². The molecule has 0 aliphatic heterocycles. The Morgan fingerprint density at radius 2 is 2.18 bits per heavy atom. The molecule has 1 N–H and O–H groups in total. The molecule has 1 aromatic rings. The third kappa shape index (κ3) is 4.85. The molecule has 0 aliphatic carbocycles. The van der Waals surface area contributed by atoms with E-state index in [0.29, 0.717) is 24.3 Å². The summed E-state index contributed by atoms with van der Waals surface area (Å²) in [6, 6.07) is 4.67. The largest absolute Gasteiger partial charge is 0.493 e. The number of halogens is 1. The summed E-state index contributed by atoms with van der Waals surface area (Å²) in [5.74, 6) is 0.287. The van der Waals surface area contributed by atoms with Gasteiger partial charge in [0.25, 0.3) is 0 Å². The Kier molecular flexibility index (Phi) is 4.94. The molecule has 0 heterocycles. The zero-order valence-corrected chi connectivity index (χ0v) is 10.4. The van der Waals surface area contributed by atoms with Gasteiger partial charge < -0.3 is 10.1 Å². The van der Waals surface area contributed by atoms with Gasteiger partial charge in [-0.3, -0.25) is 4.79 Å². The van der Waals surface area contributed by atoms with Crippen LogP contribution in [-0.2, 0) is 4.79 Å². The van der Waals surface area contributed by atoms with Crippen LogP contribution in [0.15, 0.2) is 18.2 Å². The lowest BCUT2D eigenvalue weighted by Crippen LogP contribution is -2.31. The molecule has 0 saturated carbocycles. The van der Waals surface area contributed by atoms with Crippen LogP contribution in [-0.4, -0.2) is 18.6 Å². The second-order valence-electron chi connectivity index (χ2n) is 4.23. The summed E-state index contributed by atoms with van der Waals surface area (Å²) >= 11 is 0. The Balaban J connectivity index is 2.36. The lowest BCUT2D eigenvalue weighted by molar-refractivity contribution is -0.122. The maximum absolute atomic E-state index is 13.0. The molecule has 4 heteroatoms. The molecule has 94 valence electrons. The van der Waals surface area contributed by atoms with Crippen LogP contribution in [0.4, 0.5) is 4.39 Å². The summed E-state index contributed by atoms with van der Waals surface area (Å²) in [6.07, 6.45) is 0.300. The number of amides is 1. The van der Waals surface area contributed by atoms with Crippen molar-refractivity contribution in [1.82, 2.24) is 5.32 Å². The number of carbonyl (C=O) groups is 1. The first-order chi connectivity index (χ1) is 7.99. The topological polar surface area (TPSA) is 38.3 Å². The maximum atomic E-state index is 13.0. The van der Waals surface area contributed by atoms with Crippen LogP contribution in [0.2, 0.25) is 0 Å². The monoisotopic (exact) mass is 239 g/mol. The van der Waals surface area contributed by atoms with E-state index in [1.165, 1.54) is 6.07 Å². The van der Waals surface area contributed by atoms with Crippen LogP contribution in [0.5, 0.6) is 5.75 Å². The van der Waals surface area contributed by atoms with E-state index < -0.39 is 0 Å². The zero-order chi connectivity index (χ0) is 12.8. The molecular formula is C13H18FNO2. The number of ether oxygens (including phenoxy) is 1. The van der Waals surface area contributed by atoms with Crippen LogP contribution < -0.4 is 10.1 Å². The molecular weight excluding hydrogens is 221 g/mol. The Morgan fingerprint density at radius 1 is 1.47 bits per heavy atom. The highest BCUT2D eigenvalue weighted by Gasteiger charge is 2.04. The van der Waals surface area contributed by atoms with Crippen LogP contribution in [0.25, 0.3) is 0 Å². The molecule has 1 rings (SSSR count). The van der Waals surface area contributed by atoms with Crippen molar-refractivity contribution in [2.24, 2.45) is 0 Å². The molecule has 1 aromatic carbocycles. The van der Waals surface area contributed by atoms with Crippen molar-refractivity contribution in [1.29, 1.82) is 0 Å². The molecule has 0 bridgehead atoms. The highest BCUT2D eigenvalue weighted by Crippen LogP contribution is 2.15. The first-order valence-corrected chi connectivity index (χ1v) is 5.67. The Labute approximate surface area is 101 Å². The van der Waals surface area contributed by atoms with Crippen molar-refractivity contribution >= 4 is 5.91 Å². The molecule has 0 aliphatic rings. The standard InChI is InChI=1S/C13H18FNO2/c1-9(2)15-13(16)6-7-17-11-4-5-12(14)10(3)8-11/h4-5,8-9H,6-7H2,1-3H3,(H,15,16). The minimum Gasteiger partial charge on any atom is -0.493 e. The first kappa shape index (κ1) is 13.5. The number of benzene rings is 1. The second kappa shape index (κ2) is 6.23.